The van der Waals surface area contributed by atoms with E-state index < -0.39 is 10.0 Å². The number of sulfonamides is 1. The van der Waals surface area contributed by atoms with Crippen LogP contribution in [0.5, 0.6) is 0 Å². The van der Waals surface area contributed by atoms with E-state index in [4.69, 9.17) is 5.14 Å². The van der Waals surface area contributed by atoms with Crippen LogP contribution >= 0.6 is 11.3 Å². The van der Waals surface area contributed by atoms with Crippen molar-refractivity contribution in [3.05, 3.63) is 17.0 Å². The number of carbonyl (C=O) groups is 1. The van der Waals surface area contributed by atoms with Gasteiger partial charge in [-0.1, -0.05) is 6.92 Å². The normalized spacial score (nSPS) is 18.4. The average molecular weight is 347 g/mol. The SMILES string of the molecule is CC[C@@H](O)CN1CCN(C(=O)c2csc(S(N)(=O)=O)c2)CC1. The highest BCUT2D eigenvalue weighted by molar-refractivity contribution is 7.91. The first-order chi connectivity index (χ1) is 10.3. The first-order valence-corrected chi connectivity index (χ1v) is 9.55. The maximum Gasteiger partial charge on any atom is 0.254 e. The predicted octanol–water partition coefficient (Wildman–Crippen LogP) is -0.0758. The quantitative estimate of drug-likeness (QED) is 0.775. The Bertz CT molecular complexity index is 621. The molecule has 0 spiro atoms. The van der Waals surface area contributed by atoms with Crippen LogP contribution in [0.25, 0.3) is 0 Å². The molecular weight excluding hydrogens is 326 g/mol. The van der Waals surface area contributed by atoms with Crippen molar-refractivity contribution in [3.63, 3.8) is 0 Å². The van der Waals surface area contributed by atoms with Crippen LogP contribution < -0.4 is 5.14 Å². The summed E-state index contributed by atoms with van der Waals surface area (Å²) in [6.45, 7) is 5.09. The number of nitrogens with two attached hydrogens (primary N) is 1. The molecule has 0 saturated carbocycles. The molecule has 22 heavy (non-hydrogen) atoms. The van der Waals surface area contributed by atoms with Crippen LogP contribution in [0.15, 0.2) is 15.7 Å². The number of thiophene rings is 1. The minimum Gasteiger partial charge on any atom is -0.392 e. The average Bonchev–Trinajstić information content (AvgIpc) is 2.97. The van der Waals surface area contributed by atoms with Crippen LogP contribution in [0.4, 0.5) is 0 Å². The van der Waals surface area contributed by atoms with Crippen molar-refractivity contribution in [2.75, 3.05) is 32.7 Å². The Morgan fingerprint density at radius 2 is 2.05 bits per heavy atom. The molecule has 1 amide bonds. The van der Waals surface area contributed by atoms with E-state index in [1.807, 2.05) is 6.92 Å². The number of nitrogens with zero attached hydrogens (tertiary/aromatic N) is 2. The molecule has 3 N–H and O–H groups in total. The lowest BCUT2D eigenvalue weighted by atomic mass is 10.2. The van der Waals surface area contributed by atoms with Gasteiger partial charge in [-0.05, 0) is 12.5 Å². The Labute approximate surface area is 134 Å². The van der Waals surface area contributed by atoms with Crippen LogP contribution in [0.2, 0.25) is 0 Å². The second-order valence-electron chi connectivity index (χ2n) is 5.35. The second-order valence-corrected chi connectivity index (χ2v) is 8.05. The maximum atomic E-state index is 12.4. The third kappa shape index (κ3) is 4.26. The molecule has 0 bridgehead atoms. The Morgan fingerprint density at radius 3 is 2.55 bits per heavy atom. The zero-order valence-corrected chi connectivity index (χ0v) is 14.1. The van der Waals surface area contributed by atoms with E-state index in [0.717, 1.165) is 11.3 Å². The number of hydrogen-bond acceptors (Lipinski definition) is 6. The first kappa shape index (κ1) is 17.4. The van der Waals surface area contributed by atoms with Gasteiger partial charge >= 0.3 is 0 Å². The number of amides is 1. The van der Waals surface area contributed by atoms with Gasteiger partial charge in [0.1, 0.15) is 4.21 Å². The zero-order valence-electron chi connectivity index (χ0n) is 12.4. The van der Waals surface area contributed by atoms with Crippen molar-refractivity contribution in [1.29, 1.82) is 0 Å². The molecule has 2 rings (SSSR count). The zero-order chi connectivity index (χ0) is 16.3. The van der Waals surface area contributed by atoms with Gasteiger partial charge in [0.2, 0.25) is 10.0 Å². The summed E-state index contributed by atoms with van der Waals surface area (Å²) in [4.78, 5) is 16.2. The summed E-state index contributed by atoms with van der Waals surface area (Å²) in [6, 6.07) is 1.33. The lowest BCUT2D eigenvalue weighted by Gasteiger charge is -2.35. The summed E-state index contributed by atoms with van der Waals surface area (Å²) < 4.78 is 22.5. The van der Waals surface area contributed by atoms with Crippen molar-refractivity contribution in [3.8, 4) is 0 Å². The van der Waals surface area contributed by atoms with E-state index in [1.54, 1.807) is 4.90 Å². The molecule has 0 aromatic carbocycles. The molecule has 0 radical (unpaired) electrons. The smallest absolute Gasteiger partial charge is 0.254 e. The summed E-state index contributed by atoms with van der Waals surface area (Å²) >= 11 is 0.957. The van der Waals surface area contributed by atoms with E-state index in [1.165, 1.54) is 11.4 Å². The van der Waals surface area contributed by atoms with Crippen LogP contribution in [-0.4, -0.2) is 68.1 Å². The highest BCUT2D eigenvalue weighted by atomic mass is 32.2. The lowest BCUT2D eigenvalue weighted by molar-refractivity contribution is 0.0524. The molecule has 1 aliphatic rings. The van der Waals surface area contributed by atoms with E-state index in [-0.39, 0.29) is 16.2 Å². The standard InChI is InChI=1S/C13H21N3O4S2/c1-2-11(17)8-15-3-5-16(6-4-15)13(18)10-7-12(21-9-10)22(14,19)20/h7,9,11,17H,2-6,8H2,1H3,(H2,14,19,20)/t11-/m1/s1. The van der Waals surface area contributed by atoms with Crippen LogP contribution in [0.3, 0.4) is 0 Å². The van der Waals surface area contributed by atoms with Crippen LogP contribution in [0, 0.1) is 0 Å². The number of β-amino-alcohol motifs (C(OH)–C–C–N with tert-alkyl or cyclic N) is 1. The summed E-state index contributed by atoms with van der Waals surface area (Å²) in [5.74, 6) is -0.179. The van der Waals surface area contributed by atoms with Gasteiger partial charge < -0.3 is 10.0 Å². The van der Waals surface area contributed by atoms with Gasteiger partial charge in [-0.25, -0.2) is 13.6 Å². The van der Waals surface area contributed by atoms with E-state index in [9.17, 15) is 18.3 Å². The molecule has 1 aliphatic heterocycles. The molecule has 7 nitrogen and oxygen atoms in total. The largest absolute Gasteiger partial charge is 0.392 e. The van der Waals surface area contributed by atoms with E-state index in [2.05, 4.69) is 4.90 Å². The molecule has 0 aliphatic carbocycles. The van der Waals surface area contributed by atoms with Gasteiger partial charge in [0.25, 0.3) is 5.91 Å². The fourth-order valence-electron chi connectivity index (χ4n) is 2.32. The van der Waals surface area contributed by atoms with Crippen molar-refractivity contribution in [1.82, 2.24) is 9.80 Å². The van der Waals surface area contributed by atoms with Gasteiger partial charge in [0.15, 0.2) is 0 Å². The summed E-state index contributed by atoms with van der Waals surface area (Å²) in [5, 5.41) is 16.2. The number of carbonyl (C=O) groups excluding carboxylic acids is 1. The Kier molecular flexibility index (Phi) is 5.56. The molecule has 0 unspecified atom stereocenters. The minimum absolute atomic E-state index is 0.000513. The number of piperazine rings is 1. The monoisotopic (exact) mass is 347 g/mol. The fraction of sp³-hybridized carbons (Fsp3) is 0.615. The highest BCUT2D eigenvalue weighted by Crippen LogP contribution is 2.20. The highest BCUT2D eigenvalue weighted by Gasteiger charge is 2.24. The van der Waals surface area contributed by atoms with Gasteiger partial charge in [-0.15, -0.1) is 11.3 Å². The van der Waals surface area contributed by atoms with Crippen molar-refractivity contribution >= 4 is 27.3 Å². The third-order valence-corrected chi connectivity index (χ3v) is 6.09. The van der Waals surface area contributed by atoms with Gasteiger partial charge in [-0.3, -0.25) is 9.69 Å². The molecule has 124 valence electrons. The number of aliphatic hydroxyl groups is 1. The number of primary sulfonamides is 1. The van der Waals surface area contributed by atoms with Crippen molar-refractivity contribution in [2.45, 2.75) is 23.7 Å². The van der Waals surface area contributed by atoms with Gasteiger partial charge in [-0.2, -0.15) is 0 Å². The van der Waals surface area contributed by atoms with Crippen LogP contribution in [0.1, 0.15) is 23.7 Å². The summed E-state index contributed by atoms with van der Waals surface area (Å²) in [5.41, 5.74) is 0.357. The van der Waals surface area contributed by atoms with Crippen molar-refractivity contribution < 1.29 is 18.3 Å². The topological polar surface area (TPSA) is 104 Å². The Hall–Kier alpha value is -1.00. The lowest BCUT2D eigenvalue weighted by Crippen LogP contribution is -2.50. The first-order valence-electron chi connectivity index (χ1n) is 7.12. The minimum atomic E-state index is -3.76. The molecule has 2 heterocycles. The molecule has 1 aromatic heterocycles. The third-order valence-electron chi connectivity index (χ3n) is 3.70. The molecule has 9 heteroatoms. The number of rotatable bonds is 5. The van der Waals surface area contributed by atoms with Gasteiger partial charge in [0, 0.05) is 38.1 Å². The fourth-order valence-corrected chi connectivity index (χ4v) is 3.90. The Morgan fingerprint density at radius 1 is 1.41 bits per heavy atom. The molecule has 1 fully saturated rings. The second kappa shape index (κ2) is 7.05. The molecule has 1 atom stereocenters. The van der Waals surface area contributed by atoms with Crippen molar-refractivity contribution in [2.24, 2.45) is 5.14 Å². The van der Waals surface area contributed by atoms with Gasteiger partial charge in [0.05, 0.1) is 11.7 Å². The maximum absolute atomic E-state index is 12.4. The van der Waals surface area contributed by atoms with E-state index in [0.29, 0.717) is 44.7 Å². The Balaban J connectivity index is 1.94. The molecular formula is C13H21N3O4S2. The number of hydrogen-bond donors (Lipinski definition) is 2. The summed E-state index contributed by atoms with van der Waals surface area (Å²) in [7, 11) is -3.76. The predicted molar refractivity (Wildman–Crippen MR) is 84.3 cm³/mol. The van der Waals surface area contributed by atoms with E-state index >= 15 is 0 Å². The molecule has 1 saturated heterocycles. The summed E-state index contributed by atoms with van der Waals surface area (Å²) in [6.07, 6.45) is 0.376. The number of aliphatic hydroxyl groups excluding tert-OH is 1. The molecule has 1 aromatic rings. The van der Waals surface area contributed by atoms with Crippen LogP contribution in [-0.2, 0) is 10.0 Å².